The highest BCUT2D eigenvalue weighted by Crippen LogP contribution is 2.54. The van der Waals surface area contributed by atoms with Crippen LogP contribution in [0, 0.1) is 30.1 Å². The van der Waals surface area contributed by atoms with Gasteiger partial charge in [-0.1, -0.05) is 48.4 Å². The minimum atomic E-state index is 0.290. The first kappa shape index (κ1) is 21.0. The number of carbonyl (C=O) groups is 1. The van der Waals surface area contributed by atoms with E-state index in [0.717, 1.165) is 50.1 Å². The number of hydrogen-bond acceptors (Lipinski definition) is 2. The maximum atomic E-state index is 13.3. The van der Waals surface area contributed by atoms with Crippen molar-refractivity contribution in [2.45, 2.75) is 50.0 Å². The molecule has 4 fully saturated rings. The lowest BCUT2D eigenvalue weighted by Gasteiger charge is -2.36. The van der Waals surface area contributed by atoms with E-state index in [1.165, 1.54) is 36.8 Å². The van der Waals surface area contributed by atoms with Crippen LogP contribution in [-0.4, -0.2) is 47.9 Å². The van der Waals surface area contributed by atoms with Gasteiger partial charge >= 0.3 is 0 Å². The lowest BCUT2D eigenvalue weighted by atomic mass is 9.81. The van der Waals surface area contributed by atoms with Gasteiger partial charge in [-0.25, -0.2) is 0 Å². The summed E-state index contributed by atoms with van der Waals surface area (Å²) < 4.78 is 0. The lowest BCUT2D eigenvalue weighted by molar-refractivity contribution is -0.132. The number of piperidine rings is 1. The second-order valence-corrected chi connectivity index (χ2v) is 10.8. The van der Waals surface area contributed by atoms with Gasteiger partial charge in [0.2, 0.25) is 5.91 Å². The number of rotatable bonds is 4. The topological polar surface area (TPSA) is 23.6 Å². The zero-order valence-corrected chi connectivity index (χ0v) is 19.4. The zero-order valence-electron chi connectivity index (χ0n) is 19.4. The van der Waals surface area contributed by atoms with E-state index >= 15 is 0 Å². The summed E-state index contributed by atoms with van der Waals surface area (Å²) in [4.78, 5) is 18.1. The number of benzene rings is 2. The Balaban J connectivity index is 0.993. The number of fused-ring (bicyclic) bond motifs is 1. The Morgan fingerprint density at radius 3 is 2.27 bits per heavy atom. The Labute approximate surface area is 198 Å². The number of hydrogen-bond donors (Lipinski definition) is 0. The van der Waals surface area contributed by atoms with Crippen molar-refractivity contribution in [2.24, 2.45) is 17.8 Å². The molecule has 1 amide bonds. The van der Waals surface area contributed by atoms with E-state index in [1.807, 2.05) is 12.1 Å². The third-order valence-electron chi connectivity index (χ3n) is 9.02. The normalized spacial score (nSPS) is 33.5. The van der Waals surface area contributed by atoms with Gasteiger partial charge in [-0.2, -0.15) is 0 Å². The highest BCUT2D eigenvalue weighted by atomic mass is 16.2. The van der Waals surface area contributed by atoms with Crippen molar-refractivity contribution in [3.63, 3.8) is 0 Å². The summed E-state index contributed by atoms with van der Waals surface area (Å²) in [7, 11) is 0. The molecule has 2 aromatic carbocycles. The van der Waals surface area contributed by atoms with Crippen molar-refractivity contribution in [1.82, 2.24) is 9.80 Å². The van der Waals surface area contributed by atoms with Crippen LogP contribution in [0.25, 0.3) is 0 Å². The maximum absolute atomic E-state index is 13.3. The standard InChI is InChI=1S/C30H34N2O/c1-2-21-7-6-10-24(17-21)25-15-16-31(18-25)30(33)29-27-19-32(20-28(27)29)26-13-11-23(12-14-26)22-8-4-3-5-9-22/h1,3-10,17,23,25-29H,11-16,18-20H2/t23?,25?,26?,27-,28+,29?. The summed E-state index contributed by atoms with van der Waals surface area (Å²) >= 11 is 0. The monoisotopic (exact) mass is 438 g/mol. The highest BCUT2D eigenvalue weighted by molar-refractivity contribution is 5.83. The van der Waals surface area contributed by atoms with Crippen molar-refractivity contribution >= 4 is 5.91 Å². The smallest absolute Gasteiger partial charge is 0.226 e. The summed E-state index contributed by atoms with van der Waals surface area (Å²) in [5.41, 5.74) is 3.74. The molecule has 2 unspecified atom stereocenters. The van der Waals surface area contributed by atoms with Crippen molar-refractivity contribution in [3.05, 3.63) is 71.3 Å². The van der Waals surface area contributed by atoms with Gasteiger partial charge in [-0.05, 0) is 73.1 Å². The molecule has 2 heterocycles. The SMILES string of the molecule is C#Cc1cccc(C2CCN(C(=O)C3[C@H]4CN(C5CCC(c6ccccc6)CC5)C[C@@H]34)C2)c1. The molecule has 2 aliphatic carbocycles. The predicted molar refractivity (Wildman–Crippen MR) is 132 cm³/mol. The molecule has 0 aromatic heterocycles. The summed E-state index contributed by atoms with van der Waals surface area (Å²) in [6.07, 6.45) is 11.9. The molecule has 0 bridgehead atoms. The molecule has 3 heteroatoms. The molecule has 4 atom stereocenters. The van der Waals surface area contributed by atoms with Crippen molar-refractivity contribution in [1.29, 1.82) is 0 Å². The average molecular weight is 439 g/mol. The van der Waals surface area contributed by atoms with Crippen LogP contribution in [0.1, 0.15) is 60.6 Å². The largest absolute Gasteiger partial charge is 0.342 e. The van der Waals surface area contributed by atoms with Crippen molar-refractivity contribution in [3.8, 4) is 12.3 Å². The summed E-state index contributed by atoms with van der Waals surface area (Å²) in [5, 5.41) is 0. The molecule has 2 aromatic rings. The Morgan fingerprint density at radius 2 is 1.55 bits per heavy atom. The van der Waals surface area contributed by atoms with Crippen LogP contribution in [0.15, 0.2) is 54.6 Å². The fraction of sp³-hybridized carbons (Fsp3) is 0.500. The van der Waals surface area contributed by atoms with Crippen LogP contribution in [0.3, 0.4) is 0 Å². The average Bonchev–Trinajstić information content (AvgIpc) is 3.22. The van der Waals surface area contributed by atoms with Gasteiger partial charge in [0.15, 0.2) is 0 Å². The molecule has 2 saturated carbocycles. The molecule has 170 valence electrons. The fourth-order valence-electron chi connectivity index (χ4n) is 7.05. The number of likely N-dealkylation sites (tertiary alicyclic amines) is 2. The molecular weight excluding hydrogens is 404 g/mol. The van der Waals surface area contributed by atoms with Gasteiger partial charge < -0.3 is 4.90 Å². The molecule has 0 spiro atoms. The molecule has 2 aliphatic heterocycles. The third-order valence-corrected chi connectivity index (χ3v) is 9.02. The molecule has 33 heavy (non-hydrogen) atoms. The molecule has 0 N–H and O–H groups in total. The van der Waals surface area contributed by atoms with Crippen LogP contribution >= 0.6 is 0 Å². The van der Waals surface area contributed by atoms with E-state index in [2.05, 4.69) is 58.2 Å². The Bertz CT molecular complexity index is 1040. The highest BCUT2D eigenvalue weighted by Gasteiger charge is 2.61. The van der Waals surface area contributed by atoms with E-state index < -0.39 is 0 Å². The van der Waals surface area contributed by atoms with Gasteiger partial charge in [0, 0.05) is 49.6 Å². The van der Waals surface area contributed by atoms with Crippen LogP contribution in [0.4, 0.5) is 0 Å². The number of terminal acetylenes is 1. The Morgan fingerprint density at radius 1 is 0.818 bits per heavy atom. The van der Waals surface area contributed by atoms with Crippen molar-refractivity contribution < 1.29 is 4.79 Å². The molecule has 2 saturated heterocycles. The van der Waals surface area contributed by atoms with E-state index in [4.69, 9.17) is 6.42 Å². The number of carbonyl (C=O) groups excluding carboxylic acids is 1. The Hall–Kier alpha value is -2.57. The third kappa shape index (κ3) is 4.00. The van der Waals surface area contributed by atoms with Crippen LogP contribution in [0.5, 0.6) is 0 Å². The maximum Gasteiger partial charge on any atom is 0.226 e. The van der Waals surface area contributed by atoms with Gasteiger partial charge in [0.25, 0.3) is 0 Å². The van der Waals surface area contributed by atoms with Gasteiger partial charge in [0.05, 0.1) is 0 Å². The molecule has 4 aliphatic rings. The quantitative estimate of drug-likeness (QED) is 0.635. The zero-order chi connectivity index (χ0) is 22.4. The second kappa shape index (κ2) is 8.65. The lowest BCUT2D eigenvalue weighted by Crippen LogP contribution is -2.40. The minimum Gasteiger partial charge on any atom is -0.342 e. The first-order valence-corrected chi connectivity index (χ1v) is 12.9. The Kier molecular flexibility index (Phi) is 5.51. The van der Waals surface area contributed by atoms with Crippen LogP contribution in [0.2, 0.25) is 0 Å². The predicted octanol–water partition coefficient (Wildman–Crippen LogP) is 4.89. The summed E-state index contributed by atoms with van der Waals surface area (Å²) in [6.45, 7) is 4.04. The minimum absolute atomic E-state index is 0.290. The number of nitrogens with zero attached hydrogens (tertiary/aromatic N) is 2. The van der Waals surface area contributed by atoms with E-state index in [0.29, 0.717) is 23.7 Å². The first-order valence-electron chi connectivity index (χ1n) is 12.9. The van der Waals surface area contributed by atoms with Crippen molar-refractivity contribution in [2.75, 3.05) is 26.2 Å². The molecule has 3 nitrogen and oxygen atoms in total. The van der Waals surface area contributed by atoms with E-state index in [1.54, 1.807) is 0 Å². The van der Waals surface area contributed by atoms with Gasteiger partial charge in [0.1, 0.15) is 0 Å². The fourth-order valence-corrected chi connectivity index (χ4v) is 7.05. The van der Waals surface area contributed by atoms with Gasteiger partial charge in [-0.3, -0.25) is 9.69 Å². The first-order chi connectivity index (χ1) is 16.2. The van der Waals surface area contributed by atoms with Crippen LogP contribution in [-0.2, 0) is 4.79 Å². The summed E-state index contributed by atoms with van der Waals surface area (Å²) in [5.74, 6) is 5.82. The summed E-state index contributed by atoms with van der Waals surface area (Å²) in [6, 6.07) is 20.1. The molecular formula is C30H34N2O. The van der Waals surface area contributed by atoms with Gasteiger partial charge in [-0.15, -0.1) is 6.42 Å². The van der Waals surface area contributed by atoms with E-state index in [9.17, 15) is 4.79 Å². The second-order valence-electron chi connectivity index (χ2n) is 10.8. The van der Waals surface area contributed by atoms with Crippen LogP contribution < -0.4 is 0 Å². The molecule has 0 radical (unpaired) electrons. The van der Waals surface area contributed by atoms with E-state index in [-0.39, 0.29) is 5.92 Å². The molecule has 6 rings (SSSR count). The number of amides is 1.